The van der Waals surface area contributed by atoms with Gasteiger partial charge in [-0.1, -0.05) is 28.9 Å². The Hall–Kier alpha value is -1.84. The highest BCUT2D eigenvalue weighted by Gasteiger charge is 2.26. The van der Waals surface area contributed by atoms with Gasteiger partial charge in [-0.3, -0.25) is 4.79 Å². The Morgan fingerprint density at radius 3 is 3.04 bits per heavy atom. The van der Waals surface area contributed by atoms with Crippen LogP contribution in [0.2, 0.25) is 0 Å². The lowest BCUT2D eigenvalue weighted by Crippen LogP contribution is -2.30. The number of hydrogen-bond acceptors (Lipinski definition) is 4. The van der Waals surface area contributed by atoms with Crippen LogP contribution in [0.1, 0.15) is 36.3 Å². The molecule has 2 atom stereocenters. The van der Waals surface area contributed by atoms with Crippen LogP contribution in [-0.4, -0.2) is 12.0 Å². The minimum absolute atomic E-state index is 0.247. The summed E-state index contributed by atoms with van der Waals surface area (Å²) in [6.07, 6.45) is 2.33. The highest BCUT2D eigenvalue weighted by molar-refractivity contribution is 9.10. The molecule has 1 aromatic heterocycles. The first-order chi connectivity index (χ1) is 12.0. The van der Waals surface area contributed by atoms with Crippen molar-refractivity contribution in [3.63, 3.8) is 0 Å². The molecule has 3 rings (SSSR count). The van der Waals surface area contributed by atoms with Crippen LogP contribution >= 0.6 is 27.3 Å². The molecule has 130 valence electrons. The van der Waals surface area contributed by atoms with E-state index in [9.17, 15) is 10.1 Å². The first kappa shape index (κ1) is 18.0. The van der Waals surface area contributed by atoms with Gasteiger partial charge in [0.1, 0.15) is 16.8 Å². The van der Waals surface area contributed by atoms with Gasteiger partial charge in [-0.05, 0) is 55.9 Å². The van der Waals surface area contributed by atoms with Gasteiger partial charge < -0.3 is 10.1 Å². The number of carbonyl (C=O) groups excluding carboxylic acids is 1. The average Bonchev–Trinajstić information content (AvgIpc) is 2.90. The second kappa shape index (κ2) is 7.59. The molecular weight excluding hydrogens is 400 g/mol. The molecule has 0 spiro atoms. The van der Waals surface area contributed by atoms with Crippen molar-refractivity contribution in [2.45, 2.75) is 39.2 Å². The standard InChI is InChI=1S/C19H19BrN2O2S/c1-11-6-7-15-16(10-21)19(25-17(15)8-11)22-18(23)12(2)24-14-5-3-4-13(20)9-14/h3-5,9,11-12H,6-8H2,1-2H3,(H,22,23)/t11-,12+/m1/s1. The second-order valence-electron chi connectivity index (χ2n) is 6.37. The summed E-state index contributed by atoms with van der Waals surface area (Å²) >= 11 is 4.91. The summed E-state index contributed by atoms with van der Waals surface area (Å²) in [6.45, 7) is 3.93. The van der Waals surface area contributed by atoms with Crippen LogP contribution in [0.15, 0.2) is 28.7 Å². The number of thiophene rings is 1. The molecule has 0 bridgehead atoms. The van der Waals surface area contributed by atoms with Crippen LogP contribution in [0, 0.1) is 17.2 Å². The summed E-state index contributed by atoms with van der Waals surface area (Å²) in [6, 6.07) is 9.64. The molecule has 1 aliphatic carbocycles. The molecule has 1 N–H and O–H groups in total. The van der Waals surface area contributed by atoms with E-state index >= 15 is 0 Å². The molecule has 0 saturated carbocycles. The Labute approximate surface area is 159 Å². The molecule has 0 unspecified atom stereocenters. The zero-order valence-electron chi connectivity index (χ0n) is 14.1. The number of rotatable bonds is 4. The van der Waals surface area contributed by atoms with E-state index in [0.717, 1.165) is 29.3 Å². The number of anilines is 1. The van der Waals surface area contributed by atoms with Gasteiger partial charge in [-0.2, -0.15) is 5.26 Å². The van der Waals surface area contributed by atoms with Crippen LogP contribution in [0.5, 0.6) is 5.75 Å². The van der Waals surface area contributed by atoms with E-state index in [1.165, 1.54) is 16.2 Å². The Kier molecular flexibility index (Phi) is 5.45. The third-order valence-electron chi connectivity index (χ3n) is 4.34. The number of fused-ring (bicyclic) bond motifs is 1. The van der Waals surface area contributed by atoms with Crippen molar-refractivity contribution in [2.75, 3.05) is 5.32 Å². The van der Waals surface area contributed by atoms with Gasteiger partial charge >= 0.3 is 0 Å². The smallest absolute Gasteiger partial charge is 0.265 e. The molecule has 1 aromatic carbocycles. The normalized spacial score (nSPS) is 17.3. The summed E-state index contributed by atoms with van der Waals surface area (Å²) in [5.74, 6) is 1.000. The summed E-state index contributed by atoms with van der Waals surface area (Å²) in [5.41, 5.74) is 1.73. The van der Waals surface area contributed by atoms with Crippen molar-refractivity contribution in [1.82, 2.24) is 0 Å². The summed E-state index contributed by atoms with van der Waals surface area (Å²) in [7, 11) is 0. The lowest BCUT2D eigenvalue weighted by molar-refractivity contribution is -0.122. The van der Waals surface area contributed by atoms with Crippen molar-refractivity contribution < 1.29 is 9.53 Å². The molecule has 6 heteroatoms. The van der Waals surface area contributed by atoms with Crippen LogP contribution < -0.4 is 10.1 Å². The number of carbonyl (C=O) groups is 1. The lowest BCUT2D eigenvalue weighted by atomic mass is 9.88. The summed E-state index contributed by atoms with van der Waals surface area (Å²) in [5, 5.41) is 13.1. The van der Waals surface area contributed by atoms with Crippen molar-refractivity contribution in [3.05, 3.63) is 44.7 Å². The van der Waals surface area contributed by atoms with Crippen molar-refractivity contribution in [2.24, 2.45) is 5.92 Å². The topological polar surface area (TPSA) is 62.1 Å². The van der Waals surface area contributed by atoms with E-state index in [1.807, 2.05) is 18.2 Å². The zero-order chi connectivity index (χ0) is 18.0. The minimum atomic E-state index is -0.654. The SMILES string of the molecule is C[C@@H]1CCc2c(sc(NC(=O)[C@H](C)Oc3cccc(Br)c3)c2C#N)C1. The van der Waals surface area contributed by atoms with Gasteiger partial charge in [-0.25, -0.2) is 0 Å². The van der Waals surface area contributed by atoms with Gasteiger partial charge in [0.25, 0.3) is 5.91 Å². The third-order valence-corrected chi connectivity index (χ3v) is 6.00. The molecule has 2 aromatic rings. The molecule has 1 aliphatic rings. The number of hydrogen-bond donors (Lipinski definition) is 1. The molecule has 1 heterocycles. The van der Waals surface area contributed by atoms with E-state index in [4.69, 9.17) is 4.74 Å². The van der Waals surface area contributed by atoms with E-state index < -0.39 is 6.10 Å². The second-order valence-corrected chi connectivity index (χ2v) is 8.40. The van der Waals surface area contributed by atoms with Crippen molar-refractivity contribution in [3.8, 4) is 11.8 Å². The molecule has 0 aliphatic heterocycles. The number of benzene rings is 1. The monoisotopic (exact) mass is 418 g/mol. The van der Waals surface area contributed by atoms with Gasteiger partial charge in [-0.15, -0.1) is 11.3 Å². The number of nitriles is 1. The van der Waals surface area contributed by atoms with Crippen molar-refractivity contribution in [1.29, 1.82) is 5.26 Å². The average molecular weight is 419 g/mol. The van der Waals surface area contributed by atoms with E-state index in [2.05, 4.69) is 34.2 Å². The molecule has 25 heavy (non-hydrogen) atoms. The van der Waals surface area contributed by atoms with Gasteiger partial charge in [0.05, 0.1) is 5.56 Å². The fourth-order valence-corrected chi connectivity index (χ4v) is 4.71. The highest BCUT2D eigenvalue weighted by Crippen LogP contribution is 2.39. The molecule has 0 radical (unpaired) electrons. The highest BCUT2D eigenvalue weighted by atomic mass is 79.9. The number of nitrogens with one attached hydrogen (secondary N) is 1. The van der Waals surface area contributed by atoms with E-state index in [0.29, 0.717) is 22.2 Å². The molecule has 0 saturated heterocycles. The molecular formula is C19H19BrN2O2S. The fraction of sp³-hybridized carbons (Fsp3) is 0.368. The maximum Gasteiger partial charge on any atom is 0.265 e. The molecule has 4 nitrogen and oxygen atoms in total. The van der Waals surface area contributed by atoms with Gasteiger partial charge in [0, 0.05) is 9.35 Å². The molecule has 1 amide bonds. The minimum Gasteiger partial charge on any atom is -0.481 e. The lowest BCUT2D eigenvalue weighted by Gasteiger charge is -2.17. The fourth-order valence-electron chi connectivity index (χ4n) is 2.97. The zero-order valence-corrected chi connectivity index (χ0v) is 16.5. The predicted octanol–water partition coefficient (Wildman–Crippen LogP) is 4.91. The summed E-state index contributed by atoms with van der Waals surface area (Å²) < 4.78 is 6.59. The number of halogens is 1. The number of amides is 1. The first-order valence-electron chi connectivity index (χ1n) is 8.25. The van der Waals surface area contributed by atoms with E-state index in [1.54, 1.807) is 13.0 Å². The van der Waals surface area contributed by atoms with Crippen LogP contribution in [0.3, 0.4) is 0 Å². The predicted molar refractivity (Wildman–Crippen MR) is 103 cm³/mol. The van der Waals surface area contributed by atoms with Crippen molar-refractivity contribution >= 4 is 38.2 Å². The Morgan fingerprint density at radius 2 is 2.32 bits per heavy atom. The largest absolute Gasteiger partial charge is 0.481 e. The van der Waals surface area contributed by atoms with Gasteiger partial charge in [0.2, 0.25) is 0 Å². The quantitative estimate of drug-likeness (QED) is 0.766. The first-order valence-corrected chi connectivity index (χ1v) is 9.86. The van der Waals surface area contributed by atoms with Crippen LogP contribution in [0.25, 0.3) is 0 Å². The van der Waals surface area contributed by atoms with Crippen LogP contribution in [0.4, 0.5) is 5.00 Å². The van der Waals surface area contributed by atoms with E-state index in [-0.39, 0.29) is 5.91 Å². The van der Waals surface area contributed by atoms with Crippen LogP contribution in [-0.2, 0) is 17.6 Å². The summed E-state index contributed by atoms with van der Waals surface area (Å²) in [4.78, 5) is 13.7. The number of nitrogens with zero attached hydrogens (tertiary/aromatic N) is 1. The van der Waals surface area contributed by atoms with Gasteiger partial charge in [0.15, 0.2) is 6.10 Å². The maximum atomic E-state index is 12.5. The number of ether oxygens (including phenoxy) is 1. The third kappa shape index (κ3) is 4.05. The maximum absolute atomic E-state index is 12.5. The Bertz CT molecular complexity index is 840. The molecule has 0 fully saturated rings. The Morgan fingerprint density at radius 1 is 1.52 bits per heavy atom. The Balaban J connectivity index is 1.73.